The van der Waals surface area contributed by atoms with E-state index in [-0.39, 0.29) is 19.0 Å². The third-order valence-electron chi connectivity index (χ3n) is 1.66. The topological polar surface area (TPSA) is 38.7 Å². The average molecular weight is 210 g/mol. The number of hydrogen-bond acceptors (Lipinski definition) is 4. The van der Waals surface area contributed by atoms with Crippen LogP contribution in [0.3, 0.4) is 0 Å². The largest absolute Gasteiger partial charge is 0.394 e. The van der Waals surface area contributed by atoms with Crippen LogP contribution in [-0.2, 0) is 9.47 Å². The Morgan fingerprint density at radius 3 is 2.85 bits per heavy atom. The fraction of sp³-hybridized carbons (Fsp3) is 1.00. The van der Waals surface area contributed by atoms with Crippen molar-refractivity contribution in [2.45, 2.75) is 32.6 Å². The van der Waals surface area contributed by atoms with E-state index in [9.17, 15) is 0 Å². The molecule has 80 valence electrons. The average Bonchev–Trinajstić information content (AvgIpc) is 2.23. The molecule has 0 bridgehead atoms. The molecule has 0 aromatic rings. The number of aliphatic hydroxyl groups excluding tert-OH is 1. The fourth-order valence-electron chi connectivity index (χ4n) is 0.825. The Labute approximate surface area is 86.2 Å². The minimum Gasteiger partial charge on any atom is -0.394 e. The lowest BCUT2D eigenvalue weighted by Gasteiger charge is -2.21. The smallest absolute Gasteiger partial charge is 0.166 e. The maximum Gasteiger partial charge on any atom is 0.166 e. The third kappa shape index (κ3) is 6.32. The van der Waals surface area contributed by atoms with Gasteiger partial charge >= 0.3 is 0 Å². The van der Waals surface area contributed by atoms with Crippen LogP contribution in [0.4, 0.5) is 0 Å². The molecule has 3 nitrogen and oxygen atoms in total. The molecule has 0 spiro atoms. The van der Waals surface area contributed by atoms with E-state index in [0.717, 1.165) is 12.2 Å². The zero-order chi connectivity index (χ0) is 10.8. The molecule has 0 radical (unpaired) electrons. The van der Waals surface area contributed by atoms with Gasteiger partial charge in [-0.15, -0.1) is 0 Å². The summed E-state index contributed by atoms with van der Waals surface area (Å²) >= 11 is 1.63. The molecule has 0 heterocycles. The predicted octanol–water partition coefficient (Wildman–Crippen LogP) is 1.50. The maximum absolute atomic E-state index is 8.92. The highest BCUT2D eigenvalue weighted by Gasteiger charge is 2.13. The van der Waals surface area contributed by atoms with Crippen LogP contribution < -0.4 is 0 Å². The molecule has 0 aliphatic rings. The molecule has 2 atom stereocenters. The highest BCUT2D eigenvalue weighted by Crippen LogP contribution is 2.09. The van der Waals surface area contributed by atoms with Crippen LogP contribution in [0.15, 0.2) is 0 Å². The van der Waals surface area contributed by atoms with Gasteiger partial charge in [-0.1, -0.05) is 13.8 Å². The van der Waals surface area contributed by atoms with Gasteiger partial charge in [-0.05, 0) is 12.2 Å². The summed E-state index contributed by atoms with van der Waals surface area (Å²) in [7, 11) is 1.59. The summed E-state index contributed by atoms with van der Waals surface area (Å²) in [5.41, 5.74) is 0. The van der Waals surface area contributed by atoms with Crippen LogP contribution in [0, 0.1) is 0 Å². The summed E-state index contributed by atoms with van der Waals surface area (Å²) in [5.74, 6) is 1.50. The molecular weight excluding hydrogens is 188 g/mol. The lowest BCUT2D eigenvalue weighted by atomic mass is 10.3. The molecule has 0 rings (SSSR count). The van der Waals surface area contributed by atoms with Crippen molar-refractivity contribution in [1.82, 2.24) is 0 Å². The van der Waals surface area contributed by atoms with Gasteiger partial charge in [0.2, 0.25) is 0 Å². The van der Waals surface area contributed by atoms with Crippen LogP contribution in [0.25, 0.3) is 0 Å². The summed E-state index contributed by atoms with van der Waals surface area (Å²) in [5, 5.41) is 8.92. The number of thioether (sulfide) groups is 1. The van der Waals surface area contributed by atoms with Crippen molar-refractivity contribution in [2.75, 3.05) is 25.2 Å². The fourth-order valence-corrected chi connectivity index (χ4v) is 1.40. The molecule has 0 aromatic carbocycles. The van der Waals surface area contributed by atoms with Crippen LogP contribution in [0.2, 0.25) is 0 Å². The molecule has 0 aliphatic heterocycles. The zero-order valence-electron chi connectivity index (χ0n) is 9.36. The molecule has 0 aliphatic carbocycles. The Balaban J connectivity index is 3.65. The molecule has 1 N–H and O–H groups in total. The molecule has 4 heteroatoms. The van der Waals surface area contributed by atoms with Gasteiger partial charge in [0, 0.05) is 14.2 Å². The van der Waals surface area contributed by atoms with Crippen molar-refractivity contribution >= 4 is 11.8 Å². The van der Waals surface area contributed by atoms with Gasteiger partial charge in [0.1, 0.15) is 0 Å². The minimum atomic E-state index is -0.274. The minimum absolute atomic E-state index is 0.0273. The van der Waals surface area contributed by atoms with Gasteiger partial charge < -0.3 is 14.6 Å². The molecule has 0 saturated heterocycles. The molecule has 0 aromatic heterocycles. The quantitative estimate of drug-likeness (QED) is 0.487. The molecule has 13 heavy (non-hydrogen) atoms. The van der Waals surface area contributed by atoms with Crippen molar-refractivity contribution in [3.05, 3.63) is 0 Å². The Bertz CT molecular complexity index is 123. The summed E-state index contributed by atoms with van der Waals surface area (Å²) in [6.45, 7) is 2.41. The van der Waals surface area contributed by atoms with Crippen molar-refractivity contribution in [1.29, 1.82) is 0 Å². The van der Waals surface area contributed by atoms with Gasteiger partial charge in [0.15, 0.2) is 6.29 Å². The van der Waals surface area contributed by atoms with Gasteiger partial charge in [0.25, 0.3) is 0 Å². The normalized spacial score (nSPS) is 16.7. The van der Waals surface area contributed by atoms with E-state index in [2.05, 4.69) is 0 Å². The summed E-state index contributed by atoms with van der Waals surface area (Å²) < 4.78 is 17.6. The number of rotatable bonds is 8. The molecular formula is C9H20O3S. The number of aliphatic hydroxyl groups is 1. The number of hydrogen-bond donors (Lipinski definition) is 1. The molecule has 0 amide bonds. The summed E-state index contributed by atoms with van der Waals surface area (Å²) in [6, 6.07) is 0. The van der Waals surface area contributed by atoms with E-state index in [1.165, 1.54) is 0 Å². The molecule has 0 fully saturated rings. The Hall–Kier alpha value is 0.230. The van der Waals surface area contributed by atoms with Crippen LogP contribution in [0.5, 0.6) is 0 Å². The summed E-state index contributed by atoms with van der Waals surface area (Å²) in [6.07, 6.45) is 0.361. The second-order valence-corrected chi connectivity index (χ2v) is 3.74. The first-order valence-electron chi connectivity index (χ1n) is 5.15. The molecule has 0 saturated carbocycles. The van der Waals surface area contributed by atoms with Gasteiger partial charge in [-0.3, -0.25) is 0 Å². The van der Waals surface area contributed by atoms with E-state index >= 15 is 0 Å². The second-order valence-electron chi connectivity index (χ2n) is 2.59. The van der Waals surface area contributed by atoms with Crippen molar-refractivity contribution in [2.24, 2.45) is 0 Å². The van der Waals surface area contributed by atoms with Gasteiger partial charge in [-0.2, -0.15) is 11.8 Å². The first-order chi connectivity index (χ1) is 6.78. The van der Waals surface area contributed by atoms with E-state index in [1.807, 2.05) is 6.92 Å². The zero-order valence-corrected chi connectivity index (χ0v) is 9.18. The number of ether oxygens (including phenoxy) is 2. The Morgan fingerprint density at radius 1 is 1.62 bits per heavy atom. The highest BCUT2D eigenvalue weighted by molar-refractivity contribution is 7.99. The highest BCUT2D eigenvalue weighted by atomic mass is 32.2. The van der Waals surface area contributed by atoms with E-state index in [1.54, 1.807) is 18.9 Å². The lowest BCUT2D eigenvalue weighted by Crippen LogP contribution is -2.27. The number of methoxy groups -OCH3 is 1. The monoisotopic (exact) mass is 210 g/mol. The van der Waals surface area contributed by atoms with Gasteiger partial charge in [-0.25, -0.2) is 0 Å². The van der Waals surface area contributed by atoms with Gasteiger partial charge in [0.05, 0.1) is 12.7 Å². The van der Waals surface area contributed by atoms with Crippen LogP contribution in [-0.4, -0.2) is 42.7 Å². The third-order valence-corrected chi connectivity index (χ3v) is 2.46. The van der Waals surface area contributed by atoms with E-state index in [0.29, 0.717) is 12.7 Å². The van der Waals surface area contributed by atoms with Crippen LogP contribution >= 0.6 is 11.8 Å². The van der Waals surface area contributed by atoms with Crippen molar-refractivity contribution in [3.8, 4) is 0 Å². The standard InChI is InChI=1S/C9H20O3S/c1-4-8(6-10)12-9(11-3)7-13-5-2/h8-10H,4-7H2,1-3H3/i2T. The Morgan fingerprint density at radius 2 is 2.38 bits per heavy atom. The second kappa shape index (κ2) is 8.81. The van der Waals surface area contributed by atoms with Crippen molar-refractivity contribution < 1.29 is 16.0 Å². The first-order valence-corrected chi connectivity index (χ1v) is 5.60. The van der Waals surface area contributed by atoms with E-state index < -0.39 is 0 Å². The maximum atomic E-state index is 8.92. The van der Waals surface area contributed by atoms with Crippen molar-refractivity contribution in [3.63, 3.8) is 0 Å². The van der Waals surface area contributed by atoms with E-state index in [4.69, 9.17) is 16.0 Å². The predicted molar refractivity (Wildman–Crippen MR) is 56.0 cm³/mol. The SMILES string of the molecule is [3H]CCSCC(OC)OC(CC)CO. The lowest BCUT2D eigenvalue weighted by molar-refractivity contribution is -0.151. The van der Waals surface area contributed by atoms with Crippen LogP contribution in [0.1, 0.15) is 21.6 Å². The molecule has 2 unspecified atom stereocenters. The summed E-state index contributed by atoms with van der Waals surface area (Å²) in [4.78, 5) is 0. The Kier molecular flexibility index (Phi) is 7.66. The first kappa shape index (κ1) is 11.3.